The Morgan fingerprint density at radius 1 is 0.904 bits per heavy atom. The molecule has 6 nitrogen and oxygen atoms in total. The van der Waals surface area contributed by atoms with Crippen molar-refractivity contribution in [1.29, 1.82) is 0 Å². The van der Waals surface area contributed by atoms with Gasteiger partial charge in [-0.05, 0) is 97.4 Å². The number of aromatic nitrogens is 1. The standard InChI is InChI=1S/C45H50FN3O3/c1-31(32-19-21-36(46)22-20-32)39(50)18-13-24-44(34-14-7-4-8-15-34,35-16-9-5-10-17-35)27-23-38(47)43-37-30-41(52-3)40(51-2)28-33(37)29-42(49-43)45(48)25-11-6-12-26-45/h4-5,7-11,14-17,19-22,25,28-31,38H,6,12-13,18,23-24,26-27,47-48H2,1-3H3. The lowest BCUT2D eigenvalue weighted by atomic mass is 9.67. The van der Waals surface area contributed by atoms with Gasteiger partial charge in [0, 0.05) is 29.2 Å². The van der Waals surface area contributed by atoms with Crippen LogP contribution in [0.4, 0.5) is 4.39 Å². The number of ketones is 1. The summed E-state index contributed by atoms with van der Waals surface area (Å²) < 4.78 is 25.0. The summed E-state index contributed by atoms with van der Waals surface area (Å²) in [6.07, 6.45) is 10.2. The van der Waals surface area contributed by atoms with Gasteiger partial charge in [-0.15, -0.1) is 0 Å². The number of methoxy groups -OCH3 is 2. The molecule has 0 saturated carbocycles. The van der Waals surface area contributed by atoms with Crippen molar-refractivity contribution in [3.05, 3.63) is 149 Å². The van der Waals surface area contributed by atoms with E-state index in [0.717, 1.165) is 59.8 Å². The fourth-order valence-corrected chi connectivity index (χ4v) is 7.87. The second kappa shape index (κ2) is 16.2. The van der Waals surface area contributed by atoms with Crippen LogP contribution in [0.25, 0.3) is 10.8 Å². The molecule has 4 N–H and O–H groups in total. The molecule has 1 heterocycles. The van der Waals surface area contributed by atoms with Gasteiger partial charge in [0.15, 0.2) is 11.5 Å². The first-order valence-electron chi connectivity index (χ1n) is 18.4. The number of allylic oxidation sites excluding steroid dienone is 1. The Hall–Kier alpha value is -4.85. The van der Waals surface area contributed by atoms with Crippen LogP contribution >= 0.6 is 0 Å². The molecule has 52 heavy (non-hydrogen) atoms. The topological polar surface area (TPSA) is 100 Å². The van der Waals surface area contributed by atoms with Crippen LogP contribution in [0.2, 0.25) is 0 Å². The van der Waals surface area contributed by atoms with Crippen molar-refractivity contribution < 1.29 is 18.7 Å². The minimum absolute atomic E-state index is 0.141. The van der Waals surface area contributed by atoms with Crippen LogP contribution in [0, 0.1) is 5.82 Å². The first kappa shape index (κ1) is 36.9. The zero-order valence-electron chi connectivity index (χ0n) is 30.5. The van der Waals surface area contributed by atoms with E-state index in [-0.39, 0.29) is 17.5 Å². The molecule has 0 aliphatic heterocycles. The Bertz CT molecular complexity index is 1960. The predicted octanol–water partition coefficient (Wildman–Crippen LogP) is 9.59. The van der Waals surface area contributed by atoms with Crippen molar-refractivity contribution in [3.8, 4) is 11.5 Å². The summed E-state index contributed by atoms with van der Waals surface area (Å²) in [4.78, 5) is 18.7. The lowest BCUT2D eigenvalue weighted by Gasteiger charge is -2.37. The maximum Gasteiger partial charge on any atom is 0.161 e. The highest BCUT2D eigenvalue weighted by atomic mass is 19.1. The van der Waals surface area contributed by atoms with Crippen molar-refractivity contribution in [3.63, 3.8) is 0 Å². The number of pyridine rings is 1. The molecule has 0 radical (unpaired) electrons. The lowest BCUT2D eigenvalue weighted by molar-refractivity contribution is -0.120. The minimum atomic E-state index is -0.691. The van der Waals surface area contributed by atoms with Gasteiger partial charge >= 0.3 is 0 Å². The van der Waals surface area contributed by atoms with Gasteiger partial charge < -0.3 is 20.9 Å². The second-order valence-corrected chi connectivity index (χ2v) is 14.2. The highest BCUT2D eigenvalue weighted by molar-refractivity contribution is 5.89. The molecule has 0 spiro atoms. The number of fused-ring (bicyclic) bond motifs is 1. The third-order valence-electron chi connectivity index (χ3n) is 11.0. The summed E-state index contributed by atoms with van der Waals surface area (Å²) >= 11 is 0. The van der Waals surface area contributed by atoms with Crippen molar-refractivity contribution >= 4 is 16.6 Å². The van der Waals surface area contributed by atoms with Crippen LogP contribution in [0.5, 0.6) is 11.5 Å². The first-order chi connectivity index (χ1) is 25.2. The smallest absolute Gasteiger partial charge is 0.161 e. The Kier molecular flexibility index (Phi) is 11.5. The zero-order chi connectivity index (χ0) is 36.7. The number of ether oxygens (including phenoxy) is 2. The van der Waals surface area contributed by atoms with Crippen LogP contribution in [-0.2, 0) is 15.7 Å². The fourth-order valence-electron chi connectivity index (χ4n) is 7.87. The predicted molar refractivity (Wildman–Crippen MR) is 207 cm³/mol. The van der Waals surface area contributed by atoms with Gasteiger partial charge in [-0.25, -0.2) is 4.39 Å². The van der Waals surface area contributed by atoms with Crippen LogP contribution in [-0.4, -0.2) is 25.0 Å². The molecule has 0 fully saturated rings. The van der Waals surface area contributed by atoms with E-state index in [0.29, 0.717) is 30.8 Å². The summed E-state index contributed by atoms with van der Waals surface area (Å²) in [5.41, 5.74) is 17.9. The van der Waals surface area contributed by atoms with Crippen LogP contribution in [0.1, 0.15) is 98.3 Å². The molecular formula is C45H50FN3O3. The number of Topliss-reactive ketones (excluding diaryl/α,β-unsaturated/α-hetero) is 1. The number of benzene rings is 4. The largest absolute Gasteiger partial charge is 0.493 e. The summed E-state index contributed by atoms with van der Waals surface area (Å²) in [5, 5.41) is 1.85. The Morgan fingerprint density at radius 2 is 1.54 bits per heavy atom. The second-order valence-electron chi connectivity index (χ2n) is 14.2. The van der Waals surface area contributed by atoms with Crippen LogP contribution in [0.3, 0.4) is 0 Å². The van der Waals surface area contributed by atoms with Crippen molar-refractivity contribution in [1.82, 2.24) is 4.98 Å². The number of nitrogens with two attached hydrogens (primary N) is 2. The maximum absolute atomic E-state index is 13.6. The highest BCUT2D eigenvalue weighted by Gasteiger charge is 2.36. The van der Waals surface area contributed by atoms with Gasteiger partial charge in [0.05, 0.1) is 31.1 Å². The van der Waals surface area contributed by atoms with Crippen molar-refractivity contribution in [2.45, 2.75) is 81.2 Å². The van der Waals surface area contributed by atoms with E-state index in [4.69, 9.17) is 25.9 Å². The number of rotatable bonds is 15. The molecule has 1 aliphatic rings. The average molecular weight is 700 g/mol. The van der Waals surface area contributed by atoms with Crippen LogP contribution in [0.15, 0.2) is 115 Å². The van der Waals surface area contributed by atoms with Gasteiger partial charge in [0.25, 0.3) is 0 Å². The third-order valence-corrected chi connectivity index (χ3v) is 11.0. The monoisotopic (exact) mass is 699 g/mol. The summed E-state index contributed by atoms with van der Waals surface area (Å²) in [5.74, 6) is 0.763. The summed E-state index contributed by atoms with van der Waals surface area (Å²) in [6, 6.07) is 32.9. The molecule has 6 rings (SSSR count). The normalized spacial score (nSPS) is 17.1. The van der Waals surface area contributed by atoms with E-state index in [1.807, 2.05) is 31.2 Å². The van der Waals surface area contributed by atoms with Gasteiger partial charge in [0.1, 0.15) is 11.6 Å². The zero-order valence-corrected chi connectivity index (χ0v) is 30.5. The van der Waals surface area contributed by atoms with E-state index in [2.05, 4.69) is 66.7 Å². The Labute approximate surface area is 307 Å². The van der Waals surface area contributed by atoms with Gasteiger partial charge in [0.2, 0.25) is 0 Å². The number of carbonyl (C=O) groups excluding carboxylic acids is 1. The summed E-state index contributed by atoms with van der Waals surface area (Å²) in [7, 11) is 3.27. The molecule has 0 bridgehead atoms. The molecule has 3 unspecified atom stereocenters. The highest BCUT2D eigenvalue weighted by Crippen LogP contribution is 2.44. The number of halogens is 1. The molecule has 270 valence electrons. The average Bonchev–Trinajstić information content (AvgIpc) is 3.19. The molecule has 0 saturated heterocycles. The van der Waals surface area contributed by atoms with E-state index < -0.39 is 17.0 Å². The third kappa shape index (κ3) is 7.81. The molecule has 5 aromatic rings. The van der Waals surface area contributed by atoms with Crippen molar-refractivity contribution in [2.75, 3.05) is 14.2 Å². The lowest BCUT2D eigenvalue weighted by Crippen LogP contribution is -2.37. The molecule has 1 aromatic heterocycles. The van der Waals surface area contributed by atoms with Crippen LogP contribution < -0.4 is 20.9 Å². The number of nitrogens with zero attached hydrogens (tertiary/aromatic N) is 1. The molecule has 7 heteroatoms. The molecule has 3 atom stereocenters. The SMILES string of the molecule is COc1cc2cc(C3(N)C=CCCC3)nc(C(N)CCC(CCCC(=O)C(C)c3ccc(F)cc3)(c3ccccc3)c3ccccc3)c2cc1OC. The van der Waals surface area contributed by atoms with Crippen molar-refractivity contribution in [2.24, 2.45) is 11.5 Å². The first-order valence-corrected chi connectivity index (χ1v) is 18.4. The number of carbonyl (C=O) groups is 1. The fraction of sp³-hybridized carbons (Fsp3) is 0.333. The minimum Gasteiger partial charge on any atom is -0.493 e. The van der Waals surface area contributed by atoms with Gasteiger partial charge in [-0.3, -0.25) is 9.78 Å². The van der Waals surface area contributed by atoms with Gasteiger partial charge in [-0.2, -0.15) is 0 Å². The van der Waals surface area contributed by atoms with E-state index in [1.165, 1.54) is 23.3 Å². The molecule has 0 amide bonds. The quantitative estimate of drug-likeness (QED) is 0.106. The molecular weight excluding hydrogens is 650 g/mol. The molecule has 4 aromatic carbocycles. The van der Waals surface area contributed by atoms with E-state index in [1.54, 1.807) is 26.4 Å². The Morgan fingerprint density at radius 3 is 2.13 bits per heavy atom. The Balaban J connectivity index is 1.36. The number of hydrogen-bond acceptors (Lipinski definition) is 6. The van der Waals surface area contributed by atoms with E-state index in [9.17, 15) is 9.18 Å². The van der Waals surface area contributed by atoms with Gasteiger partial charge in [-0.1, -0.05) is 91.9 Å². The number of hydrogen-bond donors (Lipinski definition) is 2. The summed E-state index contributed by atoms with van der Waals surface area (Å²) in [6.45, 7) is 1.90. The van der Waals surface area contributed by atoms with E-state index >= 15 is 0 Å². The maximum atomic E-state index is 13.6. The molecule has 1 aliphatic carbocycles.